The van der Waals surface area contributed by atoms with Crippen LogP contribution in [0.2, 0.25) is 5.02 Å². The molecule has 3 aromatic heterocycles. The molecular formula is C39H22ClN3OS. The number of aromatic nitrogens is 3. The molecule has 45 heavy (non-hydrogen) atoms. The van der Waals surface area contributed by atoms with Gasteiger partial charge < -0.3 is 4.42 Å². The summed E-state index contributed by atoms with van der Waals surface area (Å²) in [6.07, 6.45) is 0. The summed E-state index contributed by atoms with van der Waals surface area (Å²) in [4.78, 5) is 15.0. The van der Waals surface area contributed by atoms with E-state index in [9.17, 15) is 0 Å². The van der Waals surface area contributed by atoms with Crippen LogP contribution in [0.3, 0.4) is 0 Å². The van der Waals surface area contributed by atoms with Gasteiger partial charge in [0.25, 0.3) is 0 Å². The molecule has 9 rings (SSSR count). The summed E-state index contributed by atoms with van der Waals surface area (Å²) >= 11 is 8.57. The minimum Gasteiger partial charge on any atom is -0.455 e. The maximum Gasteiger partial charge on any atom is 0.164 e. The van der Waals surface area contributed by atoms with Gasteiger partial charge in [-0.25, -0.2) is 15.0 Å². The second-order valence-corrected chi connectivity index (χ2v) is 12.4. The Morgan fingerprint density at radius 2 is 1.07 bits per heavy atom. The van der Waals surface area contributed by atoms with Gasteiger partial charge in [-0.3, -0.25) is 0 Å². The molecule has 6 heteroatoms. The quantitative estimate of drug-likeness (QED) is 0.198. The Bertz CT molecular complexity index is 2500. The number of hydrogen-bond acceptors (Lipinski definition) is 5. The molecule has 0 radical (unpaired) electrons. The standard InChI is InChI=1S/C39H22ClN3OS/c40-29-17-10-20-32-35(29)34-25(16-9-19-31(34)45-32)26-21-22-28(33-27-15-7-8-18-30(27)44-36(26)33)39-42-37(23-11-3-1-4-12-23)41-38(43-39)24-13-5-2-6-14-24/h1-22H. The molecule has 0 aliphatic heterocycles. The molecule has 0 saturated carbocycles. The van der Waals surface area contributed by atoms with Gasteiger partial charge in [0.05, 0.1) is 0 Å². The Morgan fingerprint density at radius 3 is 1.80 bits per heavy atom. The Balaban J connectivity index is 1.36. The fraction of sp³-hybridized carbons (Fsp3) is 0. The van der Waals surface area contributed by atoms with Gasteiger partial charge in [-0.2, -0.15) is 0 Å². The molecule has 0 bridgehead atoms. The van der Waals surface area contributed by atoms with Crippen molar-refractivity contribution in [2.75, 3.05) is 0 Å². The fourth-order valence-electron chi connectivity index (χ4n) is 6.20. The third-order valence-electron chi connectivity index (χ3n) is 8.23. The number of nitrogens with zero attached hydrogens (tertiary/aromatic N) is 3. The first-order valence-corrected chi connectivity index (χ1v) is 15.8. The van der Waals surface area contributed by atoms with Crippen molar-refractivity contribution in [1.82, 2.24) is 15.0 Å². The number of furan rings is 1. The number of fused-ring (bicyclic) bond motifs is 6. The highest BCUT2D eigenvalue weighted by molar-refractivity contribution is 7.26. The van der Waals surface area contributed by atoms with Gasteiger partial charge in [-0.15, -0.1) is 11.3 Å². The Hall–Kier alpha value is -5.36. The van der Waals surface area contributed by atoms with E-state index >= 15 is 0 Å². The highest BCUT2D eigenvalue weighted by Gasteiger charge is 2.22. The average molecular weight is 616 g/mol. The number of rotatable bonds is 4. The molecule has 0 spiro atoms. The van der Waals surface area contributed by atoms with Gasteiger partial charge in [-0.1, -0.05) is 109 Å². The molecule has 0 amide bonds. The van der Waals surface area contributed by atoms with Crippen LogP contribution >= 0.6 is 22.9 Å². The Morgan fingerprint density at radius 1 is 0.467 bits per heavy atom. The van der Waals surface area contributed by atoms with Crippen LogP contribution < -0.4 is 0 Å². The molecule has 0 fully saturated rings. The molecule has 212 valence electrons. The molecule has 3 heterocycles. The van der Waals surface area contributed by atoms with Crippen LogP contribution in [0.4, 0.5) is 0 Å². The lowest BCUT2D eigenvalue weighted by atomic mass is 9.95. The summed E-state index contributed by atoms with van der Waals surface area (Å²) in [5.41, 5.74) is 6.41. The van der Waals surface area contributed by atoms with Gasteiger partial charge in [-0.05, 0) is 42.0 Å². The summed E-state index contributed by atoms with van der Waals surface area (Å²) in [5, 5.41) is 4.93. The summed E-state index contributed by atoms with van der Waals surface area (Å²) in [5.74, 6) is 1.83. The first-order valence-electron chi connectivity index (χ1n) is 14.6. The van der Waals surface area contributed by atoms with E-state index in [-0.39, 0.29) is 0 Å². The topological polar surface area (TPSA) is 51.8 Å². The van der Waals surface area contributed by atoms with Crippen molar-refractivity contribution in [2.45, 2.75) is 0 Å². The second kappa shape index (κ2) is 10.4. The van der Waals surface area contributed by atoms with E-state index in [0.29, 0.717) is 17.5 Å². The first-order chi connectivity index (χ1) is 22.2. The molecule has 0 aliphatic rings. The summed E-state index contributed by atoms with van der Waals surface area (Å²) in [7, 11) is 0. The van der Waals surface area contributed by atoms with E-state index < -0.39 is 0 Å². The summed E-state index contributed by atoms with van der Waals surface area (Å²) in [6, 6.07) is 45.0. The van der Waals surface area contributed by atoms with Crippen LogP contribution in [-0.4, -0.2) is 15.0 Å². The minimum atomic E-state index is 0.591. The van der Waals surface area contributed by atoms with E-state index in [1.54, 1.807) is 11.3 Å². The molecule has 0 N–H and O–H groups in total. The van der Waals surface area contributed by atoms with Gasteiger partial charge in [0.15, 0.2) is 17.5 Å². The van der Waals surface area contributed by atoms with Gasteiger partial charge in [0.1, 0.15) is 11.2 Å². The zero-order valence-electron chi connectivity index (χ0n) is 23.7. The maximum absolute atomic E-state index is 6.82. The van der Waals surface area contributed by atoms with Gasteiger partial charge in [0, 0.05) is 58.2 Å². The van der Waals surface area contributed by atoms with E-state index in [1.165, 1.54) is 4.70 Å². The van der Waals surface area contributed by atoms with E-state index in [4.69, 9.17) is 31.0 Å². The van der Waals surface area contributed by atoms with Gasteiger partial charge >= 0.3 is 0 Å². The number of thiophene rings is 1. The predicted molar refractivity (Wildman–Crippen MR) is 187 cm³/mol. The lowest BCUT2D eigenvalue weighted by Gasteiger charge is -2.11. The fourth-order valence-corrected chi connectivity index (χ4v) is 7.69. The van der Waals surface area contributed by atoms with Crippen molar-refractivity contribution in [3.63, 3.8) is 0 Å². The number of halogens is 1. The minimum absolute atomic E-state index is 0.591. The van der Waals surface area contributed by atoms with Crippen molar-refractivity contribution in [2.24, 2.45) is 0 Å². The van der Waals surface area contributed by atoms with Gasteiger partial charge in [0.2, 0.25) is 0 Å². The van der Waals surface area contributed by atoms with E-state index in [0.717, 1.165) is 70.3 Å². The van der Waals surface area contributed by atoms with Crippen molar-refractivity contribution < 1.29 is 4.42 Å². The zero-order chi connectivity index (χ0) is 29.9. The number of benzene rings is 6. The van der Waals surface area contributed by atoms with Crippen LogP contribution in [0.15, 0.2) is 138 Å². The van der Waals surface area contributed by atoms with Crippen molar-refractivity contribution >= 4 is 65.0 Å². The molecule has 6 aromatic carbocycles. The normalized spacial score (nSPS) is 11.7. The molecule has 0 atom stereocenters. The third kappa shape index (κ3) is 4.24. The van der Waals surface area contributed by atoms with Crippen LogP contribution in [0, 0.1) is 0 Å². The Labute approximate surface area is 267 Å². The van der Waals surface area contributed by atoms with Crippen molar-refractivity contribution in [3.8, 4) is 45.3 Å². The summed E-state index contributed by atoms with van der Waals surface area (Å²) in [6.45, 7) is 0. The lowest BCUT2D eigenvalue weighted by molar-refractivity contribution is 0.670. The van der Waals surface area contributed by atoms with Crippen LogP contribution in [-0.2, 0) is 0 Å². The van der Waals surface area contributed by atoms with Crippen LogP contribution in [0.25, 0.3) is 87.4 Å². The summed E-state index contributed by atoms with van der Waals surface area (Å²) < 4.78 is 9.04. The predicted octanol–water partition coefficient (Wildman–Crippen LogP) is 11.5. The van der Waals surface area contributed by atoms with Crippen LogP contribution in [0.5, 0.6) is 0 Å². The molecule has 0 saturated heterocycles. The van der Waals surface area contributed by atoms with Crippen molar-refractivity contribution in [1.29, 1.82) is 0 Å². The molecule has 4 nitrogen and oxygen atoms in total. The SMILES string of the molecule is Clc1cccc2sc3cccc(-c4ccc(-c5nc(-c6ccccc6)nc(-c6ccccc6)n5)c5c4oc4ccccc45)c3c12. The molecular weight excluding hydrogens is 594 g/mol. The molecule has 0 aliphatic carbocycles. The largest absolute Gasteiger partial charge is 0.455 e. The average Bonchev–Trinajstić information content (AvgIpc) is 3.68. The van der Waals surface area contributed by atoms with E-state index in [2.05, 4.69) is 42.5 Å². The number of para-hydroxylation sites is 1. The molecule has 9 aromatic rings. The monoisotopic (exact) mass is 615 g/mol. The van der Waals surface area contributed by atoms with Crippen LogP contribution in [0.1, 0.15) is 0 Å². The highest BCUT2D eigenvalue weighted by Crippen LogP contribution is 2.47. The third-order valence-corrected chi connectivity index (χ3v) is 9.66. The highest BCUT2D eigenvalue weighted by atomic mass is 35.5. The molecule has 0 unspecified atom stereocenters. The first kappa shape index (κ1) is 26.1. The lowest BCUT2D eigenvalue weighted by Crippen LogP contribution is -2.00. The Kier molecular flexibility index (Phi) is 6.01. The zero-order valence-corrected chi connectivity index (χ0v) is 25.3. The smallest absolute Gasteiger partial charge is 0.164 e. The maximum atomic E-state index is 6.82. The van der Waals surface area contributed by atoms with Crippen molar-refractivity contribution in [3.05, 3.63) is 138 Å². The van der Waals surface area contributed by atoms with E-state index in [1.807, 2.05) is 91.0 Å². The number of hydrogen-bond donors (Lipinski definition) is 0. The second-order valence-electron chi connectivity index (χ2n) is 10.9.